The van der Waals surface area contributed by atoms with Crippen LogP contribution in [-0.2, 0) is 9.59 Å². The zero-order chi connectivity index (χ0) is 18.1. The van der Waals surface area contributed by atoms with Gasteiger partial charge in [0.15, 0.2) is 0 Å². The van der Waals surface area contributed by atoms with Crippen LogP contribution in [-0.4, -0.2) is 71.4 Å². The zero-order valence-corrected chi connectivity index (χ0v) is 15.5. The first-order chi connectivity index (χ1) is 11.9. The van der Waals surface area contributed by atoms with Crippen LogP contribution in [0, 0.1) is 5.92 Å². The van der Waals surface area contributed by atoms with E-state index in [-0.39, 0.29) is 30.3 Å². The molecule has 2 amide bonds. The molecule has 4 rings (SSSR count). The SMILES string of the molecule is CC(C)c1cc(N2C[C@H]3CC[C@@H](C2)N(CC(=O)N(C)C)C3=O)ncn1. The first-order valence-corrected chi connectivity index (χ1v) is 8.94. The summed E-state index contributed by atoms with van der Waals surface area (Å²) in [5.41, 5.74) is 1.01. The Morgan fingerprint density at radius 2 is 2.04 bits per heavy atom. The molecule has 4 heterocycles. The number of likely N-dealkylation sites (N-methyl/N-ethyl adjacent to an activating group) is 1. The second kappa shape index (κ2) is 6.98. The third kappa shape index (κ3) is 3.60. The van der Waals surface area contributed by atoms with Crippen molar-refractivity contribution in [2.45, 2.75) is 38.6 Å². The highest BCUT2D eigenvalue weighted by Crippen LogP contribution is 2.31. The topological polar surface area (TPSA) is 69.6 Å². The minimum atomic E-state index is -0.0637. The molecule has 0 radical (unpaired) electrons. The maximum Gasteiger partial charge on any atom is 0.241 e. The van der Waals surface area contributed by atoms with E-state index >= 15 is 0 Å². The number of amides is 2. The molecule has 0 unspecified atom stereocenters. The highest BCUT2D eigenvalue weighted by molar-refractivity contribution is 5.87. The maximum atomic E-state index is 12.8. The van der Waals surface area contributed by atoms with Gasteiger partial charge in [0.05, 0.1) is 5.92 Å². The van der Waals surface area contributed by atoms with Crippen LogP contribution in [0.5, 0.6) is 0 Å². The van der Waals surface area contributed by atoms with E-state index < -0.39 is 0 Å². The van der Waals surface area contributed by atoms with E-state index in [4.69, 9.17) is 0 Å². The monoisotopic (exact) mass is 345 g/mol. The molecule has 3 aliphatic rings. The molecule has 0 saturated carbocycles. The summed E-state index contributed by atoms with van der Waals surface area (Å²) < 4.78 is 0. The molecule has 1 aromatic heterocycles. The van der Waals surface area contributed by atoms with Crippen molar-refractivity contribution in [1.82, 2.24) is 19.8 Å². The van der Waals surface area contributed by atoms with E-state index in [1.807, 2.05) is 6.07 Å². The highest BCUT2D eigenvalue weighted by Gasteiger charge is 2.41. The van der Waals surface area contributed by atoms with Crippen molar-refractivity contribution >= 4 is 17.6 Å². The number of fused-ring (bicyclic) bond motifs is 4. The fourth-order valence-corrected chi connectivity index (χ4v) is 3.57. The summed E-state index contributed by atoms with van der Waals surface area (Å²) in [6, 6.07) is 2.09. The van der Waals surface area contributed by atoms with Crippen LogP contribution in [0.1, 0.15) is 38.3 Å². The first kappa shape index (κ1) is 17.6. The van der Waals surface area contributed by atoms with Crippen molar-refractivity contribution in [1.29, 1.82) is 0 Å². The second-order valence-electron chi connectivity index (χ2n) is 7.54. The Morgan fingerprint density at radius 1 is 1.28 bits per heavy atom. The van der Waals surface area contributed by atoms with Crippen molar-refractivity contribution in [2.75, 3.05) is 38.6 Å². The van der Waals surface area contributed by atoms with E-state index in [1.54, 1.807) is 30.2 Å². The van der Waals surface area contributed by atoms with Crippen molar-refractivity contribution < 1.29 is 9.59 Å². The molecule has 3 aliphatic heterocycles. The van der Waals surface area contributed by atoms with E-state index in [9.17, 15) is 9.59 Å². The summed E-state index contributed by atoms with van der Waals surface area (Å²) in [7, 11) is 3.45. The van der Waals surface area contributed by atoms with Crippen LogP contribution in [0.2, 0.25) is 0 Å². The summed E-state index contributed by atoms with van der Waals surface area (Å²) in [5.74, 6) is 1.22. The number of nitrogens with zero attached hydrogens (tertiary/aromatic N) is 5. The Balaban J connectivity index is 1.82. The van der Waals surface area contributed by atoms with Gasteiger partial charge in [0.25, 0.3) is 0 Å². The average Bonchev–Trinajstić information content (AvgIpc) is 2.87. The van der Waals surface area contributed by atoms with E-state index in [2.05, 4.69) is 28.7 Å². The molecule has 0 aliphatic carbocycles. The normalized spacial score (nSPS) is 23.2. The molecule has 136 valence electrons. The molecule has 1 aromatic rings. The number of anilines is 1. The third-order valence-corrected chi connectivity index (χ3v) is 5.19. The fraction of sp³-hybridized carbons (Fsp3) is 0.667. The highest BCUT2D eigenvalue weighted by atomic mass is 16.2. The van der Waals surface area contributed by atoms with Crippen LogP contribution in [0.15, 0.2) is 12.4 Å². The lowest BCUT2D eigenvalue weighted by atomic mass is 9.94. The Hall–Kier alpha value is -2.18. The lowest BCUT2D eigenvalue weighted by Gasteiger charge is -2.35. The molecule has 2 atom stereocenters. The molecular formula is C18H27N5O2. The molecule has 3 fully saturated rings. The van der Waals surface area contributed by atoms with Gasteiger partial charge < -0.3 is 14.7 Å². The van der Waals surface area contributed by atoms with E-state index in [0.29, 0.717) is 12.5 Å². The number of carbonyl (C=O) groups excluding carboxylic acids is 2. The first-order valence-electron chi connectivity index (χ1n) is 8.94. The van der Waals surface area contributed by atoms with Crippen molar-refractivity contribution in [3.8, 4) is 0 Å². The van der Waals surface area contributed by atoms with Crippen LogP contribution >= 0.6 is 0 Å². The summed E-state index contributed by atoms with van der Waals surface area (Å²) in [4.78, 5) is 39.2. The Labute approximate surface area is 149 Å². The Morgan fingerprint density at radius 3 is 2.72 bits per heavy atom. The van der Waals surface area contributed by atoms with Gasteiger partial charge in [-0.25, -0.2) is 9.97 Å². The smallest absolute Gasteiger partial charge is 0.241 e. The van der Waals surface area contributed by atoms with E-state index in [0.717, 1.165) is 30.9 Å². The fourth-order valence-electron chi connectivity index (χ4n) is 3.57. The predicted octanol–water partition coefficient (Wildman–Crippen LogP) is 1.12. The second-order valence-corrected chi connectivity index (χ2v) is 7.54. The molecule has 0 spiro atoms. The van der Waals surface area contributed by atoms with Gasteiger partial charge in [0.2, 0.25) is 11.8 Å². The van der Waals surface area contributed by atoms with Gasteiger partial charge in [-0.05, 0) is 18.8 Å². The minimum absolute atomic E-state index is 0.0309. The largest absolute Gasteiger partial charge is 0.354 e. The zero-order valence-electron chi connectivity index (χ0n) is 15.5. The number of hydrogen-bond acceptors (Lipinski definition) is 5. The predicted molar refractivity (Wildman–Crippen MR) is 95.3 cm³/mol. The molecule has 0 N–H and O–H groups in total. The molecule has 3 saturated heterocycles. The summed E-state index contributed by atoms with van der Waals surface area (Å²) in [5, 5.41) is 0. The standard InChI is InChI=1S/C18H27N5O2/c1-12(2)15-7-16(20-11-19-15)22-8-13-5-6-14(9-22)23(18(13)25)10-17(24)21(3)4/h7,11-14H,5-6,8-10H2,1-4H3/t13-,14+/m1/s1. The number of hydrogen-bond donors (Lipinski definition) is 0. The average molecular weight is 345 g/mol. The third-order valence-electron chi connectivity index (χ3n) is 5.19. The van der Waals surface area contributed by atoms with Gasteiger partial charge in [-0.3, -0.25) is 9.59 Å². The van der Waals surface area contributed by atoms with Gasteiger partial charge in [0, 0.05) is 45.0 Å². The van der Waals surface area contributed by atoms with Crippen molar-refractivity contribution in [2.24, 2.45) is 5.92 Å². The van der Waals surface area contributed by atoms with Gasteiger partial charge in [0.1, 0.15) is 18.7 Å². The number of carbonyl (C=O) groups is 2. The summed E-state index contributed by atoms with van der Waals surface area (Å²) >= 11 is 0. The van der Waals surface area contributed by atoms with Crippen LogP contribution in [0.4, 0.5) is 5.82 Å². The minimum Gasteiger partial charge on any atom is -0.354 e. The van der Waals surface area contributed by atoms with Crippen molar-refractivity contribution in [3.05, 3.63) is 18.1 Å². The van der Waals surface area contributed by atoms with E-state index in [1.165, 1.54) is 0 Å². The summed E-state index contributed by atoms with van der Waals surface area (Å²) in [6.07, 6.45) is 3.43. The number of aromatic nitrogens is 2. The molecule has 25 heavy (non-hydrogen) atoms. The lowest BCUT2D eigenvalue weighted by molar-refractivity contribution is -0.145. The maximum absolute atomic E-state index is 12.8. The molecule has 7 nitrogen and oxygen atoms in total. The number of rotatable bonds is 4. The van der Waals surface area contributed by atoms with Crippen LogP contribution in [0.3, 0.4) is 0 Å². The van der Waals surface area contributed by atoms with Crippen LogP contribution in [0.25, 0.3) is 0 Å². The van der Waals surface area contributed by atoms with Gasteiger partial charge in [-0.2, -0.15) is 0 Å². The lowest BCUT2D eigenvalue weighted by Crippen LogP contribution is -2.51. The Bertz CT molecular complexity index is 661. The number of piperidine rings is 1. The molecular weight excluding hydrogens is 318 g/mol. The van der Waals surface area contributed by atoms with Crippen molar-refractivity contribution in [3.63, 3.8) is 0 Å². The Kier molecular flexibility index (Phi) is 4.92. The molecule has 0 aromatic carbocycles. The van der Waals surface area contributed by atoms with Gasteiger partial charge in [-0.1, -0.05) is 13.8 Å². The molecule has 7 heteroatoms. The molecule has 2 bridgehead atoms. The van der Waals surface area contributed by atoms with Gasteiger partial charge in [-0.15, -0.1) is 0 Å². The summed E-state index contributed by atoms with van der Waals surface area (Å²) in [6.45, 7) is 5.77. The quantitative estimate of drug-likeness (QED) is 0.818. The van der Waals surface area contributed by atoms with Crippen LogP contribution < -0.4 is 4.90 Å². The van der Waals surface area contributed by atoms with Gasteiger partial charge >= 0.3 is 0 Å².